The molecule has 0 saturated carbocycles. The van der Waals surface area contributed by atoms with Crippen molar-refractivity contribution in [1.29, 1.82) is 0 Å². The second kappa shape index (κ2) is 6.81. The van der Waals surface area contributed by atoms with E-state index in [0.717, 1.165) is 0 Å². The van der Waals surface area contributed by atoms with Gasteiger partial charge in [0.05, 0.1) is 12.2 Å². The lowest BCUT2D eigenvalue weighted by atomic mass is 9.99. The molecule has 23 heavy (non-hydrogen) atoms. The van der Waals surface area contributed by atoms with Crippen molar-refractivity contribution in [3.05, 3.63) is 23.3 Å². The number of ketones is 1. The molecule has 1 aromatic rings. The Hall–Kier alpha value is -1.71. The first kappa shape index (κ1) is 17.6. The number of aliphatic hydroxyl groups is 4. The molecule has 0 aromatic heterocycles. The molecule has 0 amide bonds. The van der Waals surface area contributed by atoms with Crippen molar-refractivity contribution in [2.45, 2.75) is 44.6 Å². The molecule has 1 aromatic carbocycles. The van der Waals surface area contributed by atoms with Crippen LogP contribution >= 0.6 is 0 Å². The number of ether oxygens (including phenoxy) is 2. The second-order valence-electron chi connectivity index (χ2n) is 5.51. The van der Waals surface area contributed by atoms with Gasteiger partial charge in [-0.2, -0.15) is 0 Å². The molecule has 0 bridgehead atoms. The summed E-state index contributed by atoms with van der Waals surface area (Å²) in [6, 6.07) is 2.57. The molecular formula is C15H20O8. The van der Waals surface area contributed by atoms with Crippen LogP contribution in [-0.2, 0) is 4.74 Å². The Bertz CT molecular complexity index is 585. The third kappa shape index (κ3) is 3.46. The Morgan fingerprint density at radius 1 is 1.22 bits per heavy atom. The van der Waals surface area contributed by atoms with Gasteiger partial charge in [0, 0.05) is 6.07 Å². The Morgan fingerprint density at radius 3 is 2.43 bits per heavy atom. The van der Waals surface area contributed by atoms with Crippen molar-refractivity contribution in [2.75, 3.05) is 6.61 Å². The smallest absolute Gasteiger partial charge is 0.229 e. The van der Waals surface area contributed by atoms with Gasteiger partial charge in [0.1, 0.15) is 35.9 Å². The highest BCUT2D eigenvalue weighted by atomic mass is 16.7. The number of hydrogen-bond acceptors (Lipinski definition) is 8. The molecule has 128 valence electrons. The van der Waals surface area contributed by atoms with Crippen LogP contribution in [0.15, 0.2) is 12.1 Å². The van der Waals surface area contributed by atoms with Gasteiger partial charge in [-0.15, -0.1) is 0 Å². The topological polar surface area (TPSA) is 137 Å². The molecule has 2 rings (SSSR count). The van der Waals surface area contributed by atoms with E-state index in [1.807, 2.05) is 0 Å². The van der Waals surface area contributed by atoms with E-state index in [9.17, 15) is 25.2 Å². The Kier molecular flexibility index (Phi) is 5.23. The number of rotatable bonds is 4. The van der Waals surface area contributed by atoms with Gasteiger partial charge in [0.25, 0.3) is 0 Å². The summed E-state index contributed by atoms with van der Waals surface area (Å²) >= 11 is 0. The third-order valence-electron chi connectivity index (χ3n) is 3.73. The van der Waals surface area contributed by atoms with Gasteiger partial charge in [0.15, 0.2) is 5.78 Å². The number of aliphatic hydroxyl groups excluding tert-OH is 4. The molecule has 0 aliphatic carbocycles. The number of hydrogen-bond donors (Lipinski definition) is 5. The fourth-order valence-corrected chi connectivity index (χ4v) is 2.57. The summed E-state index contributed by atoms with van der Waals surface area (Å²) in [5, 5.41) is 48.3. The zero-order valence-corrected chi connectivity index (χ0v) is 12.7. The second-order valence-corrected chi connectivity index (χ2v) is 5.51. The monoisotopic (exact) mass is 328 g/mol. The van der Waals surface area contributed by atoms with Crippen LogP contribution in [0.1, 0.15) is 22.8 Å². The zero-order valence-electron chi connectivity index (χ0n) is 12.7. The van der Waals surface area contributed by atoms with Crippen molar-refractivity contribution in [3.8, 4) is 11.5 Å². The number of carbonyl (C=O) groups excluding carboxylic acids is 1. The highest BCUT2D eigenvalue weighted by Crippen LogP contribution is 2.31. The number of phenolic OH excluding ortho intramolecular Hbond substituents is 1. The van der Waals surface area contributed by atoms with Crippen LogP contribution in [0.3, 0.4) is 0 Å². The van der Waals surface area contributed by atoms with Gasteiger partial charge < -0.3 is 35.0 Å². The average molecular weight is 328 g/mol. The minimum atomic E-state index is -1.60. The quantitative estimate of drug-likeness (QED) is 0.448. The van der Waals surface area contributed by atoms with Crippen LogP contribution in [0.25, 0.3) is 0 Å². The summed E-state index contributed by atoms with van der Waals surface area (Å²) < 4.78 is 10.7. The van der Waals surface area contributed by atoms with Gasteiger partial charge >= 0.3 is 0 Å². The summed E-state index contributed by atoms with van der Waals surface area (Å²) in [7, 11) is 0. The maximum atomic E-state index is 11.8. The predicted octanol–water partition coefficient (Wildman–Crippen LogP) is -0.918. The number of phenols is 1. The van der Waals surface area contributed by atoms with Crippen molar-refractivity contribution < 1.29 is 39.8 Å². The largest absolute Gasteiger partial charge is 0.508 e. The van der Waals surface area contributed by atoms with Crippen molar-refractivity contribution in [3.63, 3.8) is 0 Å². The fourth-order valence-electron chi connectivity index (χ4n) is 2.57. The number of aromatic hydroxyl groups is 1. The van der Waals surface area contributed by atoms with E-state index < -0.39 is 37.3 Å². The summed E-state index contributed by atoms with van der Waals surface area (Å²) in [4.78, 5) is 11.8. The first-order chi connectivity index (χ1) is 10.8. The lowest BCUT2D eigenvalue weighted by Gasteiger charge is -2.39. The summed E-state index contributed by atoms with van der Waals surface area (Å²) in [6.07, 6.45) is -7.25. The average Bonchev–Trinajstić information content (AvgIpc) is 2.46. The molecule has 0 unspecified atom stereocenters. The van der Waals surface area contributed by atoms with E-state index in [4.69, 9.17) is 14.6 Å². The zero-order chi connectivity index (χ0) is 17.3. The minimum Gasteiger partial charge on any atom is -0.508 e. The first-order valence-corrected chi connectivity index (χ1v) is 7.08. The van der Waals surface area contributed by atoms with Gasteiger partial charge in [0.2, 0.25) is 6.29 Å². The highest BCUT2D eigenvalue weighted by Gasteiger charge is 2.45. The Labute approximate surface area is 132 Å². The molecule has 1 aliphatic heterocycles. The molecule has 5 atom stereocenters. The summed E-state index contributed by atoms with van der Waals surface area (Å²) in [5.74, 6) is -0.492. The van der Waals surface area contributed by atoms with Crippen LogP contribution in [0.4, 0.5) is 0 Å². The highest BCUT2D eigenvalue weighted by molar-refractivity contribution is 5.98. The lowest BCUT2D eigenvalue weighted by molar-refractivity contribution is -0.277. The van der Waals surface area contributed by atoms with Crippen LogP contribution in [0.5, 0.6) is 11.5 Å². The molecule has 1 saturated heterocycles. The molecular weight excluding hydrogens is 308 g/mol. The van der Waals surface area contributed by atoms with Crippen LogP contribution in [0.2, 0.25) is 0 Å². The maximum Gasteiger partial charge on any atom is 0.229 e. The van der Waals surface area contributed by atoms with E-state index in [0.29, 0.717) is 5.56 Å². The number of Topliss-reactive ketones (excluding diaryl/α,β-unsaturated/α-hetero) is 1. The van der Waals surface area contributed by atoms with Crippen molar-refractivity contribution in [1.82, 2.24) is 0 Å². The van der Waals surface area contributed by atoms with Crippen molar-refractivity contribution >= 4 is 5.78 Å². The predicted molar refractivity (Wildman–Crippen MR) is 77.2 cm³/mol. The van der Waals surface area contributed by atoms with Gasteiger partial charge in [-0.05, 0) is 25.5 Å². The number of benzene rings is 1. The third-order valence-corrected chi connectivity index (χ3v) is 3.73. The number of aryl methyl sites for hydroxylation is 1. The van der Waals surface area contributed by atoms with E-state index in [1.54, 1.807) is 6.92 Å². The van der Waals surface area contributed by atoms with Crippen molar-refractivity contribution in [2.24, 2.45) is 0 Å². The minimum absolute atomic E-state index is 0.0284. The van der Waals surface area contributed by atoms with Crippen LogP contribution in [-0.4, -0.2) is 68.6 Å². The number of carbonyl (C=O) groups is 1. The molecule has 5 N–H and O–H groups in total. The Balaban J connectivity index is 2.33. The maximum absolute atomic E-state index is 11.8. The molecule has 8 heteroatoms. The normalized spacial score (nSPS) is 31.0. The lowest BCUT2D eigenvalue weighted by Crippen LogP contribution is -2.60. The molecule has 0 spiro atoms. The van der Waals surface area contributed by atoms with E-state index in [2.05, 4.69) is 0 Å². The first-order valence-electron chi connectivity index (χ1n) is 7.08. The van der Waals surface area contributed by atoms with Crippen LogP contribution in [0, 0.1) is 6.92 Å². The van der Waals surface area contributed by atoms with Crippen LogP contribution < -0.4 is 4.74 Å². The summed E-state index contributed by atoms with van der Waals surface area (Å²) in [6.45, 7) is 2.33. The summed E-state index contributed by atoms with van der Waals surface area (Å²) in [5.41, 5.74) is 0.664. The standard InChI is InChI=1S/C15H20O8/c1-6-3-8(18)4-9(11(6)7(2)17)22-15-14(21)13(20)12(19)10(5-16)23-15/h3-4,10,12-16,18-21H,5H2,1-2H3/t10-,12-,13+,14-,15-/m1/s1. The molecule has 8 nitrogen and oxygen atoms in total. The Morgan fingerprint density at radius 2 is 1.87 bits per heavy atom. The molecule has 1 aliphatic rings. The SMILES string of the molecule is CC(=O)c1c(C)cc(O)cc1O[C@@H]1O[C@H](CO)[C@@H](O)[C@H](O)[C@H]1O. The fraction of sp³-hybridized carbons (Fsp3) is 0.533. The van der Waals surface area contributed by atoms with Gasteiger partial charge in [-0.3, -0.25) is 4.79 Å². The van der Waals surface area contributed by atoms with E-state index in [1.165, 1.54) is 19.1 Å². The molecule has 1 heterocycles. The van der Waals surface area contributed by atoms with E-state index in [-0.39, 0.29) is 22.8 Å². The van der Waals surface area contributed by atoms with E-state index >= 15 is 0 Å². The molecule has 1 fully saturated rings. The van der Waals surface area contributed by atoms with Gasteiger partial charge in [-0.25, -0.2) is 0 Å². The molecule has 0 radical (unpaired) electrons. The van der Waals surface area contributed by atoms with Gasteiger partial charge in [-0.1, -0.05) is 0 Å².